The second kappa shape index (κ2) is 8.24. The molecule has 4 rings (SSSR count). The average Bonchev–Trinajstić information content (AvgIpc) is 3.07. The minimum atomic E-state index is -1.15. The maximum absolute atomic E-state index is 12.4. The fourth-order valence-electron chi connectivity index (χ4n) is 3.77. The standard InChI is InChI=1S/C23H21N3O4/c24-21-10-9-14(12-25-21)11-20(22(27)28)26-23(29)30-13-19-17-7-3-1-5-15(17)16-6-2-4-8-18(16)19/h1-10,12,19-20H,11,13H2,(H2,24,25)(H,26,29)(H,27,28)/t20-/m0/s1. The number of alkyl carbamates (subject to hydrolysis) is 1. The third kappa shape index (κ3) is 3.96. The van der Waals surface area contributed by atoms with E-state index in [2.05, 4.69) is 22.4 Å². The van der Waals surface area contributed by atoms with Crippen molar-refractivity contribution in [3.05, 3.63) is 83.6 Å². The van der Waals surface area contributed by atoms with E-state index in [4.69, 9.17) is 10.5 Å². The number of carboxylic acid groups (broad SMARTS) is 1. The quantitative estimate of drug-likeness (QED) is 0.582. The number of nitrogens with two attached hydrogens (primary N) is 1. The average molecular weight is 403 g/mol. The van der Waals surface area contributed by atoms with Crippen molar-refractivity contribution in [2.24, 2.45) is 0 Å². The molecule has 3 aromatic rings. The number of ether oxygens (including phenoxy) is 1. The fraction of sp³-hybridized carbons (Fsp3) is 0.174. The van der Waals surface area contributed by atoms with Crippen LogP contribution in [0.4, 0.5) is 10.6 Å². The monoisotopic (exact) mass is 403 g/mol. The molecule has 4 N–H and O–H groups in total. The molecule has 1 aromatic heterocycles. The summed E-state index contributed by atoms with van der Waals surface area (Å²) >= 11 is 0. The maximum Gasteiger partial charge on any atom is 0.407 e. The molecule has 1 atom stereocenters. The molecule has 0 bridgehead atoms. The Labute approximate surface area is 173 Å². The predicted molar refractivity (Wildman–Crippen MR) is 112 cm³/mol. The number of aliphatic carboxylic acids is 1. The number of rotatable bonds is 6. The Morgan fingerprint density at radius 1 is 1.03 bits per heavy atom. The zero-order valence-electron chi connectivity index (χ0n) is 16.1. The summed E-state index contributed by atoms with van der Waals surface area (Å²) in [5.41, 5.74) is 10.6. The fourth-order valence-corrected chi connectivity index (χ4v) is 3.77. The molecule has 1 aliphatic rings. The van der Waals surface area contributed by atoms with Gasteiger partial charge in [-0.3, -0.25) is 0 Å². The van der Waals surface area contributed by atoms with E-state index in [1.165, 1.54) is 6.20 Å². The van der Waals surface area contributed by atoms with Crippen molar-refractivity contribution in [3.63, 3.8) is 0 Å². The van der Waals surface area contributed by atoms with Crippen LogP contribution in [0.5, 0.6) is 0 Å². The molecular weight excluding hydrogens is 382 g/mol. The summed E-state index contributed by atoms with van der Waals surface area (Å²) in [5.74, 6) is -0.900. The maximum atomic E-state index is 12.4. The first-order valence-corrected chi connectivity index (χ1v) is 9.57. The van der Waals surface area contributed by atoms with E-state index >= 15 is 0 Å². The number of carbonyl (C=O) groups is 2. The van der Waals surface area contributed by atoms with E-state index in [0.29, 0.717) is 11.4 Å². The molecular formula is C23H21N3O4. The molecule has 1 aliphatic carbocycles. The summed E-state index contributed by atoms with van der Waals surface area (Å²) in [7, 11) is 0. The van der Waals surface area contributed by atoms with Crippen LogP contribution >= 0.6 is 0 Å². The van der Waals surface area contributed by atoms with E-state index in [1.54, 1.807) is 12.1 Å². The number of pyridine rings is 1. The van der Waals surface area contributed by atoms with Gasteiger partial charge in [-0.2, -0.15) is 0 Å². The molecule has 0 saturated carbocycles. The van der Waals surface area contributed by atoms with E-state index in [9.17, 15) is 14.7 Å². The van der Waals surface area contributed by atoms with Crippen LogP contribution in [0.2, 0.25) is 0 Å². The summed E-state index contributed by atoms with van der Waals surface area (Å²) in [5, 5.41) is 11.9. The van der Waals surface area contributed by atoms with E-state index in [1.807, 2.05) is 36.4 Å². The normalized spacial score (nSPS) is 13.2. The minimum absolute atomic E-state index is 0.0762. The van der Waals surface area contributed by atoms with Crippen molar-refractivity contribution >= 4 is 17.9 Å². The van der Waals surface area contributed by atoms with Crippen molar-refractivity contribution in [3.8, 4) is 11.1 Å². The van der Waals surface area contributed by atoms with Crippen LogP contribution in [0.15, 0.2) is 66.9 Å². The number of carboxylic acids is 1. The molecule has 7 nitrogen and oxygen atoms in total. The SMILES string of the molecule is Nc1ccc(C[C@H](NC(=O)OCC2c3ccccc3-c3ccccc32)C(=O)O)cn1. The number of hydrogen-bond acceptors (Lipinski definition) is 5. The van der Waals surface area contributed by atoms with Crippen molar-refractivity contribution < 1.29 is 19.4 Å². The molecule has 0 saturated heterocycles. The number of nitrogens with zero attached hydrogens (tertiary/aromatic N) is 1. The van der Waals surface area contributed by atoms with Crippen LogP contribution < -0.4 is 11.1 Å². The van der Waals surface area contributed by atoms with Gasteiger partial charge in [-0.05, 0) is 33.9 Å². The summed E-state index contributed by atoms with van der Waals surface area (Å²) in [6.45, 7) is 0.121. The largest absolute Gasteiger partial charge is 0.480 e. The van der Waals surface area contributed by atoms with Crippen LogP contribution in [-0.2, 0) is 16.0 Å². The van der Waals surface area contributed by atoms with E-state index < -0.39 is 18.1 Å². The molecule has 30 heavy (non-hydrogen) atoms. The highest BCUT2D eigenvalue weighted by Crippen LogP contribution is 2.44. The lowest BCUT2D eigenvalue weighted by molar-refractivity contribution is -0.139. The van der Waals surface area contributed by atoms with Gasteiger partial charge in [0.15, 0.2) is 0 Å². The first kappa shape index (κ1) is 19.4. The van der Waals surface area contributed by atoms with Crippen LogP contribution in [-0.4, -0.2) is 34.8 Å². The number of amides is 1. The molecule has 152 valence electrons. The van der Waals surface area contributed by atoms with Gasteiger partial charge in [0, 0.05) is 18.5 Å². The summed E-state index contributed by atoms with van der Waals surface area (Å²) in [6, 6.07) is 18.2. The van der Waals surface area contributed by atoms with Crippen molar-refractivity contribution in [1.82, 2.24) is 10.3 Å². The number of carbonyl (C=O) groups excluding carboxylic acids is 1. The first-order chi connectivity index (χ1) is 14.5. The molecule has 0 spiro atoms. The van der Waals surface area contributed by atoms with Crippen LogP contribution in [0, 0.1) is 0 Å². The topological polar surface area (TPSA) is 115 Å². The zero-order chi connectivity index (χ0) is 21.1. The van der Waals surface area contributed by atoms with Gasteiger partial charge in [-0.25, -0.2) is 14.6 Å². The lowest BCUT2D eigenvalue weighted by Crippen LogP contribution is -2.42. The number of benzene rings is 2. The molecule has 0 unspecified atom stereocenters. The van der Waals surface area contributed by atoms with Crippen molar-refractivity contribution in [2.45, 2.75) is 18.4 Å². The summed E-state index contributed by atoms with van der Waals surface area (Å²) < 4.78 is 5.43. The molecule has 1 amide bonds. The van der Waals surface area contributed by atoms with Crippen LogP contribution in [0.3, 0.4) is 0 Å². The third-order valence-electron chi connectivity index (χ3n) is 5.22. The van der Waals surface area contributed by atoms with Gasteiger partial charge in [-0.15, -0.1) is 0 Å². The Hall–Kier alpha value is -3.87. The highest BCUT2D eigenvalue weighted by molar-refractivity contribution is 5.81. The molecule has 0 aliphatic heterocycles. The van der Waals surface area contributed by atoms with E-state index in [0.717, 1.165) is 22.3 Å². The molecule has 7 heteroatoms. The van der Waals surface area contributed by atoms with Gasteiger partial charge in [0.05, 0.1) is 0 Å². The number of nitrogens with one attached hydrogen (secondary N) is 1. The Morgan fingerprint density at radius 3 is 2.23 bits per heavy atom. The molecule has 0 fully saturated rings. The summed E-state index contributed by atoms with van der Waals surface area (Å²) in [6.07, 6.45) is 0.796. The number of nitrogen functional groups attached to an aromatic ring is 1. The molecule has 2 aromatic carbocycles. The highest BCUT2D eigenvalue weighted by Gasteiger charge is 2.29. The predicted octanol–water partition coefficient (Wildman–Crippen LogP) is 3.20. The van der Waals surface area contributed by atoms with Gasteiger partial charge >= 0.3 is 12.1 Å². The third-order valence-corrected chi connectivity index (χ3v) is 5.22. The molecule has 0 radical (unpaired) electrons. The number of anilines is 1. The zero-order valence-corrected chi connectivity index (χ0v) is 16.1. The van der Waals surface area contributed by atoms with Crippen molar-refractivity contribution in [1.29, 1.82) is 0 Å². The van der Waals surface area contributed by atoms with Gasteiger partial charge in [0.25, 0.3) is 0 Å². The Bertz CT molecular complexity index is 1040. The smallest absolute Gasteiger partial charge is 0.407 e. The second-order valence-electron chi connectivity index (χ2n) is 7.16. The van der Waals surface area contributed by atoms with Gasteiger partial charge < -0.3 is 20.9 Å². The first-order valence-electron chi connectivity index (χ1n) is 9.57. The number of hydrogen-bond donors (Lipinski definition) is 3. The Balaban J connectivity index is 1.43. The number of aromatic nitrogens is 1. The highest BCUT2D eigenvalue weighted by atomic mass is 16.5. The van der Waals surface area contributed by atoms with Gasteiger partial charge in [0.1, 0.15) is 18.5 Å². The van der Waals surface area contributed by atoms with Crippen LogP contribution in [0.1, 0.15) is 22.6 Å². The Morgan fingerprint density at radius 2 is 1.67 bits per heavy atom. The Kier molecular flexibility index (Phi) is 5.34. The van der Waals surface area contributed by atoms with E-state index in [-0.39, 0.29) is 18.9 Å². The van der Waals surface area contributed by atoms with Gasteiger partial charge in [-0.1, -0.05) is 54.6 Å². The van der Waals surface area contributed by atoms with Gasteiger partial charge in [0.2, 0.25) is 0 Å². The van der Waals surface area contributed by atoms with Crippen molar-refractivity contribution in [2.75, 3.05) is 12.3 Å². The summed E-state index contributed by atoms with van der Waals surface area (Å²) in [4.78, 5) is 27.9. The minimum Gasteiger partial charge on any atom is -0.480 e. The lowest BCUT2D eigenvalue weighted by atomic mass is 9.98. The number of fused-ring (bicyclic) bond motifs is 3. The second-order valence-corrected chi connectivity index (χ2v) is 7.16. The molecule has 1 heterocycles. The lowest BCUT2D eigenvalue weighted by Gasteiger charge is -2.17. The van der Waals surface area contributed by atoms with Crippen LogP contribution in [0.25, 0.3) is 11.1 Å².